The molecule has 3 atom stereocenters. The standard InChI is InChI=1S/C14H22N2OS/c1-4-10(3)9-16-13(12-7-6-8-18-12)15-11(5-2)14(16)17/h6-8,10-11,13,15H,4-5,9H2,1-3H3. The van der Waals surface area contributed by atoms with Gasteiger partial charge in [-0.3, -0.25) is 10.1 Å². The van der Waals surface area contributed by atoms with Crippen molar-refractivity contribution < 1.29 is 4.79 Å². The van der Waals surface area contributed by atoms with Crippen molar-refractivity contribution in [2.75, 3.05) is 6.54 Å². The van der Waals surface area contributed by atoms with E-state index in [1.807, 2.05) is 11.0 Å². The Morgan fingerprint density at radius 3 is 2.83 bits per heavy atom. The molecule has 0 radical (unpaired) electrons. The second-order valence-corrected chi connectivity index (χ2v) is 6.03. The topological polar surface area (TPSA) is 32.3 Å². The third-order valence-corrected chi connectivity index (χ3v) is 4.60. The van der Waals surface area contributed by atoms with Gasteiger partial charge in [-0.25, -0.2) is 0 Å². The molecule has 1 amide bonds. The zero-order valence-electron chi connectivity index (χ0n) is 11.3. The van der Waals surface area contributed by atoms with Gasteiger partial charge in [-0.1, -0.05) is 33.3 Å². The van der Waals surface area contributed by atoms with Crippen LogP contribution in [0.5, 0.6) is 0 Å². The quantitative estimate of drug-likeness (QED) is 0.888. The summed E-state index contributed by atoms with van der Waals surface area (Å²) in [6.45, 7) is 7.29. The number of amides is 1. The average molecular weight is 266 g/mol. The van der Waals surface area contributed by atoms with E-state index in [2.05, 4.69) is 37.5 Å². The molecule has 2 heterocycles. The SMILES string of the molecule is CCC(C)CN1C(=O)C(CC)NC1c1cccs1. The molecule has 18 heavy (non-hydrogen) atoms. The third kappa shape index (κ3) is 2.59. The molecule has 3 nitrogen and oxygen atoms in total. The summed E-state index contributed by atoms with van der Waals surface area (Å²) in [5.74, 6) is 0.810. The molecule has 1 saturated heterocycles. The van der Waals surface area contributed by atoms with E-state index in [1.165, 1.54) is 4.88 Å². The lowest BCUT2D eigenvalue weighted by molar-refractivity contribution is -0.130. The molecular weight excluding hydrogens is 244 g/mol. The lowest BCUT2D eigenvalue weighted by atomic mass is 10.1. The van der Waals surface area contributed by atoms with Crippen molar-refractivity contribution in [1.29, 1.82) is 0 Å². The van der Waals surface area contributed by atoms with Gasteiger partial charge in [-0.15, -0.1) is 11.3 Å². The normalized spacial score (nSPS) is 25.7. The molecule has 1 aliphatic rings. The van der Waals surface area contributed by atoms with Crippen molar-refractivity contribution in [2.24, 2.45) is 5.92 Å². The van der Waals surface area contributed by atoms with Crippen molar-refractivity contribution >= 4 is 17.2 Å². The maximum Gasteiger partial charge on any atom is 0.241 e. The van der Waals surface area contributed by atoms with Crippen LogP contribution in [0, 0.1) is 5.92 Å². The Balaban J connectivity index is 2.18. The summed E-state index contributed by atoms with van der Waals surface area (Å²) in [5.41, 5.74) is 0. The van der Waals surface area contributed by atoms with Crippen molar-refractivity contribution in [3.63, 3.8) is 0 Å². The van der Waals surface area contributed by atoms with Crippen molar-refractivity contribution in [1.82, 2.24) is 10.2 Å². The smallest absolute Gasteiger partial charge is 0.241 e. The fourth-order valence-electron chi connectivity index (χ4n) is 2.31. The number of nitrogens with zero attached hydrogens (tertiary/aromatic N) is 1. The van der Waals surface area contributed by atoms with Crippen LogP contribution in [0.3, 0.4) is 0 Å². The molecule has 0 spiro atoms. The van der Waals surface area contributed by atoms with Gasteiger partial charge in [0, 0.05) is 11.4 Å². The van der Waals surface area contributed by atoms with Gasteiger partial charge in [0.05, 0.1) is 6.04 Å². The van der Waals surface area contributed by atoms with Gasteiger partial charge in [0.2, 0.25) is 5.91 Å². The molecule has 0 aliphatic carbocycles. The highest BCUT2D eigenvalue weighted by Crippen LogP contribution is 2.30. The van der Waals surface area contributed by atoms with Crippen molar-refractivity contribution in [3.05, 3.63) is 22.4 Å². The molecule has 100 valence electrons. The summed E-state index contributed by atoms with van der Waals surface area (Å²) in [5, 5.41) is 5.53. The first kappa shape index (κ1) is 13.6. The minimum Gasteiger partial charge on any atom is -0.320 e. The molecular formula is C14H22N2OS. The molecule has 1 N–H and O–H groups in total. The average Bonchev–Trinajstić information content (AvgIpc) is 2.99. The van der Waals surface area contributed by atoms with Crippen molar-refractivity contribution in [2.45, 2.75) is 45.8 Å². The van der Waals surface area contributed by atoms with Crippen LogP contribution in [0.2, 0.25) is 0 Å². The summed E-state index contributed by atoms with van der Waals surface area (Å²) in [7, 11) is 0. The van der Waals surface area contributed by atoms with Crippen LogP contribution in [-0.4, -0.2) is 23.4 Å². The molecule has 0 aromatic carbocycles. The fraction of sp³-hybridized carbons (Fsp3) is 0.643. The van der Waals surface area contributed by atoms with Crippen LogP contribution in [-0.2, 0) is 4.79 Å². The van der Waals surface area contributed by atoms with Gasteiger partial charge in [0.25, 0.3) is 0 Å². The van der Waals surface area contributed by atoms with Crippen LogP contribution in [0.4, 0.5) is 0 Å². The lowest BCUT2D eigenvalue weighted by Crippen LogP contribution is -2.34. The van der Waals surface area contributed by atoms with E-state index in [0.29, 0.717) is 5.92 Å². The molecule has 4 heteroatoms. The first-order valence-electron chi connectivity index (χ1n) is 6.77. The lowest BCUT2D eigenvalue weighted by Gasteiger charge is -2.26. The number of nitrogens with one attached hydrogen (secondary N) is 1. The van der Waals surface area contributed by atoms with Crippen LogP contribution < -0.4 is 5.32 Å². The number of thiophene rings is 1. The van der Waals surface area contributed by atoms with E-state index in [1.54, 1.807) is 11.3 Å². The van der Waals surface area contributed by atoms with E-state index in [0.717, 1.165) is 19.4 Å². The maximum atomic E-state index is 12.4. The molecule has 1 aromatic rings. The van der Waals surface area contributed by atoms with Gasteiger partial charge in [-0.05, 0) is 23.8 Å². The first-order chi connectivity index (χ1) is 8.67. The molecule has 1 aliphatic heterocycles. The highest BCUT2D eigenvalue weighted by atomic mass is 32.1. The molecule has 1 fully saturated rings. The Hall–Kier alpha value is -0.870. The molecule has 1 aromatic heterocycles. The van der Waals surface area contributed by atoms with E-state index < -0.39 is 0 Å². The summed E-state index contributed by atoms with van der Waals surface area (Å²) in [6, 6.07) is 4.14. The van der Waals surface area contributed by atoms with Gasteiger partial charge in [0.15, 0.2) is 0 Å². The number of carbonyl (C=O) groups is 1. The van der Waals surface area contributed by atoms with E-state index >= 15 is 0 Å². The van der Waals surface area contributed by atoms with Gasteiger partial charge >= 0.3 is 0 Å². The second kappa shape index (κ2) is 5.85. The maximum absolute atomic E-state index is 12.4. The summed E-state index contributed by atoms with van der Waals surface area (Å²) in [6.07, 6.45) is 2.05. The van der Waals surface area contributed by atoms with Crippen molar-refractivity contribution in [3.8, 4) is 0 Å². The highest BCUT2D eigenvalue weighted by Gasteiger charge is 2.39. The van der Waals surface area contributed by atoms with Gasteiger partial charge in [-0.2, -0.15) is 0 Å². The number of rotatable bonds is 5. The second-order valence-electron chi connectivity index (χ2n) is 5.05. The molecule has 0 bridgehead atoms. The Labute approximate surface area is 113 Å². The number of hydrogen-bond acceptors (Lipinski definition) is 3. The number of hydrogen-bond donors (Lipinski definition) is 1. The Kier molecular flexibility index (Phi) is 4.40. The minimum atomic E-state index is -0.0128. The number of carbonyl (C=O) groups excluding carboxylic acids is 1. The summed E-state index contributed by atoms with van der Waals surface area (Å²) >= 11 is 1.72. The van der Waals surface area contributed by atoms with Crippen LogP contribution in [0.1, 0.15) is 44.7 Å². The van der Waals surface area contributed by atoms with Crippen LogP contribution in [0.25, 0.3) is 0 Å². The van der Waals surface area contributed by atoms with Gasteiger partial charge in [0.1, 0.15) is 6.17 Å². The molecule has 0 saturated carbocycles. The Bertz CT molecular complexity index is 391. The zero-order valence-corrected chi connectivity index (χ0v) is 12.2. The predicted molar refractivity (Wildman–Crippen MR) is 75.4 cm³/mol. The molecule has 3 unspecified atom stereocenters. The molecule has 2 rings (SSSR count). The summed E-state index contributed by atoms with van der Waals surface area (Å²) in [4.78, 5) is 15.6. The zero-order chi connectivity index (χ0) is 13.1. The van der Waals surface area contributed by atoms with E-state index in [4.69, 9.17) is 0 Å². The van der Waals surface area contributed by atoms with Gasteiger partial charge < -0.3 is 4.90 Å². The highest BCUT2D eigenvalue weighted by molar-refractivity contribution is 7.10. The third-order valence-electron chi connectivity index (χ3n) is 3.68. The Morgan fingerprint density at radius 1 is 1.50 bits per heavy atom. The van der Waals surface area contributed by atoms with E-state index in [-0.39, 0.29) is 18.1 Å². The predicted octanol–water partition coefficient (Wildman–Crippen LogP) is 3.00. The first-order valence-corrected chi connectivity index (χ1v) is 7.65. The summed E-state index contributed by atoms with van der Waals surface area (Å²) < 4.78 is 0. The Morgan fingerprint density at radius 2 is 2.28 bits per heavy atom. The van der Waals surface area contributed by atoms with Crippen LogP contribution in [0.15, 0.2) is 17.5 Å². The minimum absolute atomic E-state index is 0.0128. The largest absolute Gasteiger partial charge is 0.320 e. The fourth-order valence-corrected chi connectivity index (χ4v) is 3.11. The van der Waals surface area contributed by atoms with E-state index in [9.17, 15) is 4.79 Å². The monoisotopic (exact) mass is 266 g/mol. The van der Waals surface area contributed by atoms with Crippen LogP contribution >= 0.6 is 11.3 Å².